The number of hydrogen-bond donors (Lipinski definition) is 2. The molecule has 1 fully saturated rings. The summed E-state index contributed by atoms with van der Waals surface area (Å²) in [6.45, 7) is 7.37. The minimum atomic E-state index is -0.384. The number of nitrogens with two attached hydrogens (primary N) is 1. The van der Waals surface area contributed by atoms with Crippen LogP contribution in [0.4, 0.5) is 0 Å². The second kappa shape index (κ2) is 3.89. The van der Waals surface area contributed by atoms with Gasteiger partial charge in [-0.3, -0.25) is 4.79 Å². The van der Waals surface area contributed by atoms with E-state index in [2.05, 4.69) is 12.2 Å². The van der Waals surface area contributed by atoms with Gasteiger partial charge in [0.1, 0.15) is 0 Å². The van der Waals surface area contributed by atoms with Crippen LogP contribution in [0.15, 0.2) is 0 Å². The Hall–Kier alpha value is -0.570. The van der Waals surface area contributed by atoms with Crippen molar-refractivity contribution in [1.29, 1.82) is 0 Å². The van der Waals surface area contributed by atoms with Gasteiger partial charge in [-0.15, -0.1) is 0 Å². The molecule has 0 aromatic heterocycles. The molecular weight excluding hydrogens is 176 g/mol. The second-order valence-electron chi connectivity index (χ2n) is 5.11. The fourth-order valence-electron chi connectivity index (χ4n) is 1.29. The first-order valence-corrected chi connectivity index (χ1v) is 5.44. The van der Waals surface area contributed by atoms with Crippen molar-refractivity contribution in [2.75, 3.05) is 13.1 Å². The van der Waals surface area contributed by atoms with Crippen LogP contribution in [0.1, 0.15) is 40.0 Å². The SMILES string of the molecule is CCC(C)(CN)C(=O)NCC1(C)CC1. The van der Waals surface area contributed by atoms with E-state index in [9.17, 15) is 4.79 Å². The van der Waals surface area contributed by atoms with Crippen molar-refractivity contribution in [3.63, 3.8) is 0 Å². The molecule has 1 atom stereocenters. The van der Waals surface area contributed by atoms with Crippen LogP contribution in [0, 0.1) is 10.8 Å². The Balaban J connectivity index is 2.39. The van der Waals surface area contributed by atoms with Gasteiger partial charge < -0.3 is 11.1 Å². The number of amides is 1. The van der Waals surface area contributed by atoms with Crippen LogP contribution >= 0.6 is 0 Å². The molecule has 1 unspecified atom stereocenters. The van der Waals surface area contributed by atoms with Gasteiger partial charge in [-0.05, 0) is 31.6 Å². The first-order valence-electron chi connectivity index (χ1n) is 5.44. The van der Waals surface area contributed by atoms with Gasteiger partial charge in [-0.25, -0.2) is 0 Å². The summed E-state index contributed by atoms with van der Waals surface area (Å²) in [6.07, 6.45) is 3.27. The smallest absolute Gasteiger partial charge is 0.227 e. The highest BCUT2D eigenvalue weighted by atomic mass is 16.2. The van der Waals surface area contributed by atoms with Crippen LogP contribution in [0.5, 0.6) is 0 Å². The predicted molar refractivity (Wildman–Crippen MR) is 57.8 cm³/mol. The quantitative estimate of drug-likeness (QED) is 0.699. The fraction of sp³-hybridized carbons (Fsp3) is 0.909. The second-order valence-corrected chi connectivity index (χ2v) is 5.11. The van der Waals surface area contributed by atoms with Crippen LogP contribution in [0.2, 0.25) is 0 Å². The van der Waals surface area contributed by atoms with E-state index in [-0.39, 0.29) is 11.3 Å². The zero-order chi connectivity index (χ0) is 10.8. The number of carbonyl (C=O) groups is 1. The molecule has 0 heterocycles. The molecule has 82 valence electrons. The van der Waals surface area contributed by atoms with Gasteiger partial charge in [0.05, 0.1) is 5.41 Å². The minimum absolute atomic E-state index is 0.107. The molecule has 3 nitrogen and oxygen atoms in total. The summed E-state index contributed by atoms with van der Waals surface area (Å²) in [5.41, 5.74) is 5.60. The van der Waals surface area contributed by atoms with Crippen molar-refractivity contribution in [3.05, 3.63) is 0 Å². The molecule has 0 saturated heterocycles. The predicted octanol–water partition coefficient (Wildman–Crippen LogP) is 1.28. The lowest BCUT2D eigenvalue weighted by atomic mass is 9.86. The van der Waals surface area contributed by atoms with Gasteiger partial charge in [0.25, 0.3) is 0 Å². The lowest BCUT2D eigenvalue weighted by Gasteiger charge is -2.25. The summed E-state index contributed by atoms with van der Waals surface area (Å²) in [7, 11) is 0. The molecule has 1 rings (SSSR count). The van der Waals surface area contributed by atoms with Crippen molar-refractivity contribution in [1.82, 2.24) is 5.32 Å². The van der Waals surface area contributed by atoms with E-state index in [0.29, 0.717) is 12.0 Å². The highest BCUT2D eigenvalue weighted by Crippen LogP contribution is 2.44. The van der Waals surface area contributed by atoms with Crippen molar-refractivity contribution < 1.29 is 4.79 Å². The third-order valence-electron chi connectivity index (χ3n) is 3.56. The molecular formula is C11H22N2O. The number of rotatable bonds is 5. The van der Waals surface area contributed by atoms with E-state index in [4.69, 9.17) is 5.73 Å². The molecule has 1 aliphatic rings. The Morgan fingerprint density at radius 1 is 1.57 bits per heavy atom. The van der Waals surface area contributed by atoms with Crippen molar-refractivity contribution in [2.45, 2.75) is 40.0 Å². The summed E-state index contributed by atoms with van der Waals surface area (Å²) >= 11 is 0. The van der Waals surface area contributed by atoms with Gasteiger partial charge >= 0.3 is 0 Å². The Morgan fingerprint density at radius 3 is 2.50 bits per heavy atom. The lowest BCUT2D eigenvalue weighted by molar-refractivity contribution is -0.130. The normalized spacial score (nSPS) is 22.6. The summed E-state index contributed by atoms with van der Waals surface area (Å²) in [5, 5.41) is 3.01. The zero-order valence-corrected chi connectivity index (χ0v) is 9.52. The van der Waals surface area contributed by atoms with E-state index in [1.807, 2.05) is 13.8 Å². The molecule has 3 heteroatoms. The molecule has 1 amide bonds. The maximum Gasteiger partial charge on any atom is 0.227 e. The highest BCUT2D eigenvalue weighted by Gasteiger charge is 2.39. The largest absolute Gasteiger partial charge is 0.355 e. The van der Waals surface area contributed by atoms with Crippen LogP contribution in [0.3, 0.4) is 0 Å². The molecule has 0 bridgehead atoms. The summed E-state index contributed by atoms with van der Waals surface area (Å²) < 4.78 is 0. The molecule has 1 saturated carbocycles. The van der Waals surface area contributed by atoms with E-state index < -0.39 is 0 Å². The maximum atomic E-state index is 11.8. The fourth-order valence-corrected chi connectivity index (χ4v) is 1.29. The summed E-state index contributed by atoms with van der Waals surface area (Å²) in [5.74, 6) is 0.107. The van der Waals surface area contributed by atoms with Crippen LogP contribution < -0.4 is 11.1 Å². The first kappa shape index (κ1) is 11.5. The monoisotopic (exact) mass is 198 g/mol. The van der Waals surface area contributed by atoms with E-state index in [0.717, 1.165) is 13.0 Å². The molecule has 0 aromatic rings. The van der Waals surface area contributed by atoms with Gasteiger partial charge in [0.15, 0.2) is 0 Å². The Morgan fingerprint density at radius 2 is 2.14 bits per heavy atom. The molecule has 3 N–H and O–H groups in total. The van der Waals surface area contributed by atoms with Crippen LogP contribution in [-0.4, -0.2) is 19.0 Å². The third kappa shape index (κ3) is 2.47. The number of nitrogens with one attached hydrogen (secondary N) is 1. The minimum Gasteiger partial charge on any atom is -0.355 e. The summed E-state index contributed by atoms with van der Waals surface area (Å²) in [6, 6.07) is 0. The Kier molecular flexibility index (Phi) is 3.20. The van der Waals surface area contributed by atoms with Gasteiger partial charge in [-0.2, -0.15) is 0 Å². The average molecular weight is 198 g/mol. The van der Waals surface area contributed by atoms with Gasteiger partial charge in [-0.1, -0.05) is 13.8 Å². The Labute approximate surface area is 86.4 Å². The number of carbonyl (C=O) groups excluding carboxylic acids is 1. The van der Waals surface area contributed by atoms with Gasteiger partial charge in [0, 0.05) is 13.1 Å². The third-order valence-corrected chi connectivity index (χ3v) is 3.56. The van der Waals surface area contributed by atoms with Crippen molar-refractivity contribution >= 4 is 5.91 Å². The standard InChI is InChI=1S/C11H22N2O/c1-4-11(3,7-12)9(14)13-8-10(2)5-6-10/h4-8,12H2,1-3H3,(H,13,14). The maximum absolute atomic E-state index is 11.8. The molecule has 0 aromatic carbocycles. The average Bonchev–Trinajstić information content (AvgIpc) is 2.92. The zero-order valence-electron chi connectivity index (χ0n) is 9.52. The molecule has 1 aliphatic carbocycles. The van der Waals surface area contributed by atoms with Crippen molar-refractivity contribution in [3.8, 4) is 0 Å². The molecule has 0 aliphatic heterocycles. The van der Waals surface area contributed by atoms with E-state index in [1.54, 1.807) is 0 Å². The van der Waals surface area contributed by atoms with Crippen molar-refractivity contribution in [2.24, 2.45) is 16.6 Å². The molecule has 0 spiro atoms. The van der Waals surface area contributed by atoms with Crippen LogP contribution in [-0.2, 0) is 4.79 Å². The highest BCUT2D eigenvalue weighted by molar-refractivity contribution is 5.82. The molecule has 0 radical (unpaired) electrons. The van der Waals surface area contributed by atoms with E-state index in [1.165, 1.54) is 12.8 Å². The molecule has 14 heavy (non-hydrogen) atoms. The topological polar surface area (TPSA) is 55.1 Å². The Bertz CT molecular complexity index is 217. The number of hydrogen-bond acceptors (Lipinski definition) is 2. The van der Waals surface area contributed by atoms with Crippen LogP contribution in [0.25, 0.3) is 0 Å². The van der Waals surface area contributed by atoms with E-state index >= 15 is 0 Å². The lowest BCUT2D eigenvalue weighted by Crippen LogP contribution is -2.45. The van der Waals surface area contributed by atoms with Gasteiger partial charge in [0.2, 0.25) is 5.91 Å². The first-order chi connectivity index (χ1) is 6.46. The summed E-state index contributed by atoms with van der Waals surface area (Å²) in [4.78, 5) is 11.8.